The highest BCUT2D eigenvalue weighted by atomic mass is 16.1. The van der Waals surface area contributed by atoms with Crippen LogP contribution >= 0.6 is 0 Å². The van der Waals surface area contributed by atoms with Crippen molar-refractivity contribution in [2.75, 3.05) is 5.32 Å². The third-order valence-electron chi connectivity index (χ3n) is 8.50. The largest absolute Gasteiger partial charge is 0.351 e. The van der Waals surface area contributed by atoms with E-state index in [1.807, 2.05) is 22.9 Å². The fourth-order valence-corrected chi connectivity index (χ4v) is 6.01. The first-order valence-electron chi connectivity index (χ1n) is 13.2. The third-order valence-corrected chi connectivity index (χ3v) is 8.50. The normalized spacial score (nSPS) is 24.9. The minimum atomic E-state index is 0.0655. The number of pyridine rings is 2. The van der Waals surface area contributed by atoms with Crippen LogP contribution in [-0.4, -0.2) is 14.0 Å². The molecule has 3 aliphatic rings. The summed E-state index contributed by atoms with van der Waals surface area (Å²) in [6.07, 6.45) is 18.3. The Bertz CT molecular complexity index is 1320. The number of allylic oxidation sites excluding steroid dienone is 1. The summed E-state index contributed by atoms with van der Waals surface area (Å²) in [5.74, 6) is 1.90. The van der Waals surface area contributed by atoms with Crippen molar-refractivity contribution in [1.29, 1.82) is 0 Å². The van der Waals surface area contributed by atoms with Crippen LogP contribution in [0.15, 0.2) is 47.7 Å². The van der Waals surface area contributed by atoms with Crippen molar-refractivity contribution in [2.24, 2.45) is 11.8 Å². The van der Waals surface area contributed by atoms with Crippen LogP contribution in [0.2, 0.25) is 0 Å². The molecule has 3 fully saturated rings. The van der Waals surface area contributed by atoms with Crippen molar-refractivity contribution < 1.29 is 0 Å². The number of aromatic nitrogens is 3. The number of hydrogen-bond donors (Lipinski definition) is 1. The van der Waals surface area contributed by atoms with Gasteiger partial charge in [-0.05, 0) is 93.9 Å². The topological polar surface area (TPSA) is 51.3 Å². The van der Waals surface area contributed by atoms with Crippen LogP contribution in [0.4, 0.5) is 5.69 Å². The Morgan fingerprint density at radius 3 is 2.65 bits per heavy atom. The second-order valence-electron chi connectivity index (χ2n) is 10.9. The molecule has 0 amide bonds. The van der Waals surface area contributed by atoms with Crippen LogP contribution in [-0.2, 0) is 5.41 Å². The quantitative estimate of drug-likeness (QED) is 0.423. The summed E-state index contributed by atoms with van der Waals surface area (Å²) < 4.78 is 4.07. The highest BCUT2D eigenvalue weighted by molar-refractivity contribution is 5.78. The smallest absolute Gasteiger partial charge is 0.274 e. The maximum Gasteiger partial charge on any atom is 0.274 e. The minimum Gasteiger partial charge on any atom is -0.351 e. The lowest BCUT2D eigenvalue weighted by Crippen LogP contribution is -2.42. The molecule has 5 heteroatoms. The fraction of sp³-hybridized carbons (Fsp3) is 0.517. The average molecular weight is 457 g/mol. The van der Waals surface area contributed by atoms with Crippen molar-refractivity contribution in [1.82, 2.24) is 14.0 Å². The first-order valence-corrected chi connectivity index (χ1v) is 13.2. The summed E-state index contributed by atoms with van der Waals surface area (Å²) >= 11 is 0. The van der Waals surface area contributed by atoms with E-state index in [9.17, 15) is 4.79 Å². The van der Waals surface area contributed by atoms with E-state index in [1.54, 1.807) is 0 Å². The van der Waals surface area contributed by atoms with E-state index < -0.39 is 0 Å². The van der Waals surface area contributed by atoms with Crippen molar-refractivity contribution in [3.8, 4) is 0 Å². The van der Waals surface area contributed by atoms with Gasteiger partial charge in [0.2, 0.25) is 0 Å². The Morgan fingerprint density at radius 2 is 1.97 bits per heavy atom. The van der Waals surface area contributed by atoms with Gasteiger partial charge in [0, 0.05) is 41.3 Å². The number of nitrogens with zero attached hydrogens (tertiary/aromatic N) is 3. The molecule has 3 saturated carbocycles. The van der Waals surface area contributed by atoms with Crippen LogP contribution in [0.1, 0.15) is 88.1 Å². The number of hydrogen-bond acceptors (Lipinski definition) is 3. The number of rotatable bonds is 8. The van der Waals surface area contributed by atoms with Crippen LogP contribution < -0.4 is 10.9 Å². The van der Waals surface area contributed by atoms with Gasteiger partial charge in [0.1, 0.15) is 11.3 Å². The lowest BCUT2D eigenvalue weighted by molar-refractivity contribution is 0.112. The fourth-order valence-electron chi connectivity index (χ4n) is 6.01. The number of aryl methyl sites for hydroxylation is 1. The lowest BCUT2D eigenvalue weighted by atomic mass is 9.57. The highest BCUT2D eigenvalue weighted by Crippen LogP contribution is 2.57. The molecule has 178 valence electrons. The lowest BCUT2D eigenvalue weighted by Gasteiger charge is -2.47. The summed E-state index contributed by atoms with van der Waals surface area (Å²) in [4.78, 5) is 18.1. The van der Waals surface area contributed by atoms with Crippen LogP contribution in [0.3, 0.4) is 0 Å². The molecule has 3 aromatic heterocycles. The standard InChI is InChI=1S/C29H36N4O/c1-4-7-24(30-25-8-6-13-33(28(25)34)22-11-12-22)23-17-32-18-26(31-27(32)14-19(23)3)29(5-2)15-21(16-29)20-9-10-20/h6-8,13-14,17-18,20-22,30H,4-5,9-12,15-16H2,1-3H3/b24-7+. The van der Waals surface area contributed by atoms with Crippen molar-refractivity contribution in [3.05, 3.63) is 70.0 Å². The van der Waals surface area contributed by atoms with Crippen molar-refractivity contribution in [3.63, 3.8) is 0 Å². The van der Waals surface area contributed by atoms with E-state index >= 15 is 0 Å². The molecule has 0 saturated heterocycles. The molecule has 3 heterocycles. The van der Waals surface area contributed by atoms with Gasteiger partial charge < -0.3 is 14.3 Å². The maximum atomic E-state index is 13.0. The molecule has 0 atom stereocenters. The van der Waals surface area contributed by atoms with Gasteiger partial charge in [-0.15, -0.1) is 0 Å². The molecule has 0 spiro atoms. The summed E-state index contributed by atoms with van der Waals surface area (Å²) in [6.45, 7) is 6.60. The molecule has 6 rings (SSSR count). The molecule has 0 bridgehead atoms. The second kappa shape index (κ2) is 8.14. The molecule has 0 radical (unpaired) electrons. The molecule has 0 aliphatic heterocycles. The number of imidazole rings is 1. The SMILES string of the molecule is CC/C=C(/Nc1cccn(C2CC2)c1=O)c1cn2cc(C3(CC)CC(C4CC4)C3)nc2cc1C. The predicted octanol–water partition coefficient (Wildman–Crippen LogP) is 6.47. The van der Waals surface area contributed by atoms with Crippen LogP contribution in [0, 0.1) is 18.8 Å². The first kappa shape index (κ1) is 21.7. The number of nitrogens with one attached hydrogen (secondary N) is 1. The zero-order valence-corrected chi connectivity index (χ0v) is 20.7. The van der Waals surface area contributed by atoms with Crippen molar-refractivity contribution >= 4 is 17.0 Å². The summed E-state index contributed by atoms with van der Waals surface area (Å²) in [5.41, 5.74) is 6.52. The molecule has 0 aromatic carbocycles. The van der Waals surface area contributed by atoms with E-state index in [2.05, 4.69) is 55.0 Å². The van der Waals surface area contributed by atoms with Gasteiger partial charge in [-0.25, -0.2) is 4.98 Å². The molecule has 3 aliphatic carbocycles. The van der Waals surface area contributed by atoms with E-state index in [4.69, 9.17) is 4.98 Å². The molecule has 5 nitrogen and oxygen atoms in total. The molecule has 3 aromatic rings. The number of anilines is 1. The Labute approximate surface area is 201 Å². The maximum absolute atomic E-state index is 13.0. The van der Waals surface area contributed by atoms with Crippen LogP contribution in [0.5, 0.6) is 0 Å². The van der Waals surface area contributed by atoms with Gasteiger partial charge in [0.25, 0.3) is 5.56 Å². The second-order valence-corrected chi connectivity index (χ2v) is 10.9. The van der Waals surface area contributed by atoms with Gasteiger partial charge >= 0.3 is 0 Å². The van der Waals surface area contributed by atoms with Gasteiger partial charge in [0.05, 0.1) is 5.69 Å². The van der Waals surface area contributed by atoms with E-state index in [1.165, 1.54) is 36.9 Å². The van der Waals surface area contributed by atoms with E-state index in [0.29, 0.717) is 11.7 Å². The predicted molar refractivity (Wildman–Crippen MR) is 138 cm³/mol. The highest BCUT2D eigenvalue weighted by Gasteiger charge is 2.50. The van der Waals surface area contributed by atoms with E-state index in [0.717, 1.165) is 54.4 Å². The van der Waals surface area contributed by atoms with Gasteiger partial charge in [-0.2, -0.15) is 0 Å². The summed E-state index contributed by atoms with van der Waals surface area (Å²) in [7, 11) is 0. The molecule has 34 heavy (non-hydrogen) atoms. The van der Waals surface area contributed by atoms with Crippen LogP contribution in [0.25, 0.3) is 11.3 Å². The summed E-state index contributed by atoms with van der Waals surface area (Å²) in [5, 5.41) is 3.48. The van der Waals surface area contributed by atoms with Gasteiger partial charge in [-0.3, -0.25) is 4.79 Å². The first-order chi connectivity index (χ1) is 16.5. The molecular formula is C29H36N4O. The molecule has 0 unspecified atom stereocenters. The molecule has 1 N–H and O–H groups in total. The minimum absolute atomic E-state index is 0.0655. The Morgan fingerprint density at radius 1 is 1.18 bits per heavy atom. The van der Waals surface area contributed by atoms with Gasteiger partial charge in [-0.1, -0.05) is 19.9 Å². The zero-order chi connectivity index (χ0) is 23.4. The third kappa shape index (κ3) is 3.70. The average Bonchev–Trinajstić information content (AvgIpc) is 3.72. The monoisotopic (exact) mass is 456 g/mol. The molecular weight excluding hydrogens is 420 g/mol. The Balaban J connectivity index is 1.33. The Hall–Kier alpha value is -2.82. The van der Waals surface area contributed by atoms with Gasteiger partial charge in [0.15, 0.2) is 0 Å². The zero-order valence-electron chi connectivity index (χ0n) is 20.7. The summed E-state index contributed by atoms with van der Waals surface area (Å²) in [6, 6.07) is 6.43. The van der Waals surface area contributed by atoms with Crippen molar-refractivity contribution in [2.45, 2.75) is 83.6 Å². The van der Waals surface area contributed by atoms with E-state index in [-0.39, 0.29) is 11.0 Å². The Kier molecular flexibility index (Phi) is 5.20. The number of fused-ring (bicyclic) bond motifs is 1.